The number of nitrogens with zero attached hydrogens (tertiary/aromatic N) is 3. The Kier molecular flexibility index (Phi) is 7.03. The summed E-state index contributed by atoms with van der Waals surface area (Å²) in [6.07, 6.45) is 0. The molecule has 1 atom stereocenters. The van der Waals surface area contributed by atoms with Crippen molar-refractivity contribution in [2.75, 3.05) is 45.0 Å². The molecular weight excluding hydrogens is 464 g/mol. The molecule has 33 heavy (non-hydrogen) atoms. The molecule has 1 N–H and O–H groups in total. The molecule has 2 aliphatic heterocycles. The zero-order valence-corrected chi connectivity index (χ0v) is 19.9. The summed E-state index contributed by atoms with van der Waals surface area (Å²) < 4.78 is 27.7. The molecule has 2 fully saturated rings. The molecule has 0 saturated carbocycles. The molecule has 2 aromatic rings. The van der Waals surface area contributed by atoms with Crippen molar-refractivity contribution in [1.82, 2.24) is 19.4 Å². The van der Waals surface area contributed by atoms with Gasteiger partial charge in [-0.1, -0.05) is 42.1 Å². The average Bonchev–Trinajstić information content (AvgIpc) is 3.15. The minimum Gasteiger partial charge on any atom is -0.353 e. The van der Waals surface area contributed by atoms with Gasteiger partial charge < -0.3 is 5.32 Å². The van der Waals surface area contributed by atoms with Gasteiger partial charge in [-0.05, 0) is 29.8 Å². The normalized spacial score (nSPS) is 19.2. The van der Waals surface area contributed by atoms with Gasteiger partial charge in [0.1, 0.15) is 0 Å². The highest BCUT2D eigenvalue weighted by atomic mass is 32.2. The maximum absolute atomic E-state index is 13.1. The molecule has 0 spiro atoms. The van der Waals surface area contributed by atoms with Crippen LogP contribution in [0.3, 0.4) is 0 Å². The van der Waals surface area contributed by atoms with Crippen LogP contribution < -0.4 is 5.32 Å². The number of rotatable bonds is 7. The van der Waals surface area contributed by atoms with Gasteiger partial charge in [0.25, 0.3) is 5.24 Å². The second kappa shape index (κ2) is 9.80. The molecule has 176 valence electrons. The Morgan fingerprint density at radius 1 is 1.06 bits per heavy atom. The Morgan fingerprint density at radius 2 is 1.76 bits per heavy atom. The number of carbonyl (C=O) groups is 3. The van der Waals surface area contributed by atoms with E-state index >= 15 is 0 Å². The van der Waals surface area contributed by atoms with Crippen molar-refractivity contribution in [1.29, 1.82) is 0 Å². The van der Waals surface area contributed by atoms with E-state index < -0.39 is 16.1 Å². The van der Waals surface area contributed by atoms with Gasteiger partial charge >= 0.3 is 0 Å². The fourth-order valence-corrected chi connectivity index (χ4v) is 6.22. The third-order valence-electron chi connectivity index (χ3n) is 6.03. The van der Waals surface area contributed by atoms with Crippen molar-refractivity contribution in [3.05, 3.63) is 42.5 Å². The minimum atomic E-state index is -3.62. The second-order valence-corrected chi connectivity index (χ2v) is 10.9. The van der Waals surface area contributed by atoms with Crippen molar-refractivity contribution < 1.29 is 22.8 Å². The molecule has 2 saturated heterocycles. The molecule has 0 radical (unpaired) electrons. The van der Waals surface area contributed by atoms with E-state index in [0.29, 0.717) is 26.2 Å². The van der Waals surface area contributed by atoms with Crippen LogP contribution in [0.5, 0.6) is 0 Å². The Hall–Kier alpha value is -2.47. The standard InChI is InChI=1S/C22H26N4O5S2/c1-16(21(28)23-8-9-26-20(27)15-32-22(26)29)24-10-12-25(13-11-24)33(30,31)19-7-6-17-4-2-3-5-18(17)14-19/h2-7,14,16H,8-13,15H2,1H3,(H,23,28). The Bertz CT molecular complexity index is 1160. The van der Waals surface area contributed by atoms with Crippen LogP contribution in [-0.2, 0) is 19.6 Å². The number of thioether (sulfide) groups is 1. The van der Waals surface area contributed by atoms with Crippen molar-refractivity contribution in [2.45, 2.75) is 17.9 Å². The molecular formula is C22H26N4O5S2. The van der Waals surface area contributed by atoms with Crippen molar-refractivity contribution in [2.24, 2.45) is 0 Å². The number of benzene rings is 2. The first kappa shape index (κ1) is 23.7. The summed E-state index contributed by atoms with van der Waals surface area (Å²) in [4.78, 5) is 39.1. The van der Waals surface area contributed by atoms with E-state index in [9.17, 15) is 22.8 Å². The van der Waals surface area contributed by atoms with Crippen LogP contribution in [0.1, 0.15) is 6.92 Å². The average molecular weight is 491 g/mol. The molecule has 2 aliphatic rings. The summed E-state index contributed by atoms with van der Waals surface area (Å²) in [7, 11) is -3.62. The monoisotopic (exact) mass is 490 g/mol. The van der Waals surface area contributed by atoms with Crippen LogP contribution in [0.4, 0.5) is 4.79 Å². The first-order valence-corrected chi connectivity index (χ1v) is 13.2. The van der Waals surface area contributed by atoms with E-state index in [1.165, 1.54) is 4.31 Å². The maximum atomic E-state index is 13.1. The number of piperazine rings is 1. The van der Waals surface area contributed by atoms with E-state index in [2.05, 4.69) is 5.32 Å². The molecule has 9 nitrogen and oxygen atoms in total. The lowest BCUT2D eigenvalue weighted by Crippen LogP contribution is -2.55. The summed E-state index contributed by atoms with van der Waals surface area (Å²) >= 11 is 0.965. The van der Waals surface area contributed by atoms with Crippen molar-refractivity contribution >= 4 is 49.6 Å². The van der Waals surface area contributed by atoms with Crippen molar-refractivity contribution in [3.63, 3.8) is 0 Å². The van der Waals surface area contributed by atoms with Crippen LogP contribution in [-0.4, -0.2) is 90.6 Å². The van der Waals surface area contributed by atoms with Gasteiger partial charge in [-0.25, -0.2) is 8.42 Å². The molecule has 4 rings (SSSR count). The third kappa shape index (κ3) is 5.06. The van der Waals surface area contributed by atoms with Crippen LogP contribution in [0.15, 0.2) is 47.4 Å². The number of sulfonamides is 1. The van der Waals surface area contributed by atoms with Gasteiger partial charge in [0, 0.05) is 39.3 Å². The first-order chi connectivity index (χ1) is 15.8. The topological polar surface area (TPSA) is 107 Å². The van der Waals surface area contributed by atoms with Gasteiger partial charge in [-0.3, -0.25) is 24.2 Å². The fourth-order valence-electron chi connectivity index (χ4n) is 4.01. The molecule has 2 aromatic carbocycles. The fraction of sp³-hybridized carbons (Fsp3) is 0.409. The Labute approximate surface area is 197 Å². The second-order valence-electron chi connectivity index (χ2n) is 8.02. The zero-order chi connectivity index (χ0) is 23.6. The lowest BCUT2D eigenvalue weighted by molar-refractivity contribution is -0.128. The number of hydrogen-bond donors (Lipinski definition) is 1. The predicted molar refractivity (Wildman–Crippen MR) is 126 cm³/mol. The smallest absolute Gasteiger partial charge is 0.288 e. The first-order valence-electron chi connectivity index (χ1n) is 10.8. The lowest BCUT2D eigenvalue weighted by atomic mass is 10.1. The SMILES string of the molecule is CC(C(=O)NCCN1C(=O)CSC1=O)N1CCN(S(=O)(=O)c2ccc3ccccc3c2)CC1. The number of carbonyl (C=O) groups excluding carboxylic acids is 3. The summed E-state index contributed by atoms with van der Waals surface area (Å²) in [5.41, 5.74) is 0. The molecule has 11 heteroatoms. The van der Waals surface area contributed by atoms with E-state index in [4.69, 9.17) is 0 Å². The van der Waals surface area contributed by atoms with Crippen molar-refractivity contribution in [3.8, 4) is 0 Å². The summed E-state index contributed by atoms with van der Waals surface area (Å²) in [5, 5.41) is 4.34. The quantitative estimate of drug-likeness (QED) is 0.624. The number of nitrogens with one attached hydrogen (secondary N) is 1. The van der Waals surface area contributed by atoms with E-state index in [1.807, 2.05) is 35.2 Å². The lowest BCUT2D eigenvalue weighted by Gasteiger charge is -2.36. The largest absolute Gasteiger partial charge is 0.353 e. The number of hydrogen-bond acceptors (Lipinski definition) is 7. The maximum Gasteiger partial charge on any atom is 0.288 e. The highest BCUT2D eigenvalue weighted by Gasteiger charge is 2.32. The van der Waals surface area contributed by atoms with E-state index in [0.717, 1.165) is 27.4 Å². The van der Waals surface area contributed by atoms with E-state index in [-0.39, 0.29) is 40.8 Å². The molecule has 1 unspecified atom stereocenters. The number of amides is 3. The summed E-state index contributed by atoms with van der Waals surface area (Å²) in [6.45, 7) is 3.56. The Balaban J connectivity index is 1.30. The molecule has 0 aliphatic carbocycles. The van der Waals surface area contributed by atoms with Crippen LogP contribution in [0.2, 0.25) is 0 Å². The molecule has 0 aromatic heterocycles. The molecule has 2 heterocycles. The highest BCUT2D eigenvalue weighted by Crippen LogP contribution is 2.23. The highest BCUT2D eigenvalue weighted by molar-refractivity contribution is 8.14. The number of imide groups is 1. The van der Waals surface area contributed by atoms with Gasteiger partial charge in [0.2, 0.25) is 21.8 Å². The number of fused-ring (bicyclic) bond motifs is 1. The minimum absolute atomic E-state index is 0.148. The third-order valence-corrected chi connectivity index (χ3v) is 8.79. The summed E-state index contributed by atoms with van der Waals surface area (Å²) in [5.74, 6) is -0.307. The zero-order valence-electron chi connectivity index (χ0n) is 18.3. The molecule has 3 amide bonds. The molecule has 0 bridgehead atoms. The predicted octanol–water partition coefficient (Wildman–Crippen LogP) is 1.35. The van der Waals surface area contributed by atoms with Gasteiger partial charge in [-0.15, -0.1) is 0 Å². The van der Waals surface area contributed by atoms with Crippen LogP contribution in [0, 0.1) is 0 Å². The van der Waals surface area contributed by atoms with Crippen LogP contribution in [0.25, 0.3) is 10.8 Å². The van der Waals surface area contributed by atoms with Gasteiger partial charge in [0.15, 0.2) is 0 Å². The van der Waals surface area contributed by atoms with E-state index in [1.54, 1.807) is 19.1 Å². The van der Waals surface area contributed by atoms with Crippen LogP contribution >= 0.6 is 11.8 Å². The van der Waals surface area contributed by atoms with Gasteiger partial charge in [0.05, 0.1) is 16.7 Å². The summed E-state index contributed by atoms with van der Waals surface area (Å²) in [6, 6.07) is 12.3. The Morgan fingerprint density at radius 3 is 2.42 bits per heavy atom. The van der Waals surface area contributed by atoms with Gasteiger partial charge in [-0.2, -0.15) is 4.31 Å².